The second-order valence-electron chi connectivity index (χ2n) is 7.98. The maximum Gasteiger partial charge on any atom is 0.223 e. The van der Waals surface area contributed by atoms with Crippen molar-refractivity contribution in [3.63, 3.8) is 0 Å². The Morgan fingerprint density at radius 1 is 1.11 bits per heavy atom. The summed E-state index contributed by atoms with van der Waals surface area (Å²) in [6.45, 7) is 0.961. The lowest BCUT2D eigenvalue weighted by atomic mass is 9.92. The van der Waals surface area contributed by atoms with Crippen LogP contribution in [0, 0.1) is 5.92 Å². The highest BCUT2D eigenvalue weighted by Crippen LogP contribution is 2.35. The van der Waals surface area contributed by atoms with E-state index in [4.69, 9.17) is 4.74 Å². The summed E-state index contributed by atoms with van der Waals surface area (Å²) < 4.78 is 33.0. The van der Waals surface area contributed by atoms with Crippen LogP contribution >= 0.6 is 0 Å². The van der Waals surface area contributed by atoms with Crippen LogP contribution in [-0.4, -0.2) is 50.0 Å². The number of fused-ring (bicyclic) bond motifs is 1. The summed E-state index contributed by atoms with van der Waals surface area (Å²) in [5.41, 5.74) is 0.810. The quantitative estimate of drug-likeness (QED) is 0.804. The van der Waals surface area contributed by atoms with Gasteiger partial charge in [0.1, 0.15) is 0 Å². The molecule has 4 rings (SSSR count). The van der Waals surface area contributed by atoms with E-state index in [0.29, 0.717) is 13.1 Å². The third kappa shape index (κ3) is 4.20. The van der Waals surface area contributed by atoms with E-state index < -0.39 is 10.0 Å². The van der Waals surface area contributed by atoms with Crippen LogP contribution in [0.5, 0.6) is 0 Å². The van der Waals surface area contributed by atoms with Gasteiger partial charge in [-0.2, -0.15) is 4.31 Å². The number of sulfonamides is 1. The Morgan fingerprint density at radius 2 is 1.85 bits per heavy atom. The zero-order chi connectivity index (χ0) is 18.9. The van der Waals surface area contributed by atoms with Crippen LogP contribution in [-0.2, 0) is 25.3 Å². The fraction of sp³-hybridized carbons (Fsp3) is 0.650. The molecule has 3 atom stereocenters. The van der Waals surface area contributed by atoms with Crippen molar-refractivity contribution in [3.05, 3.63) is 35.9 Å². The lowest BCUT2D eigenvalue weighted by molar-refractivity contribution is -0.142. The molecule has 1 saturated carbocycles. The molecule has 2 aliphatic heterocycles. The zero-order valence-electron chi connectivity index (χ0n) is 15.5. The van der Waals surface area contributed by atoms with Crippen molar-refractivity contribution in [2.75, 3.05) is 13.1 Å². The maximum absolute atomic E-state index is 12.7. The fourth-order valence-corrected chi connectivity index (χ4v) is 6.31. The summed E-state index contributed by atoms with van der Waals surface area (Å²) in [5.74, 6) is 0.361. The monoisotopic (exact) mass is 392 g/mol. The molecule has 0 radical (unpaired) electrons. The number of hydrogen-bond donors (Lipinski definition) is 1. The SMILES string of the molecule is O=C(NC[C@@H]1CC[C@@H]2[C@@H](CN2S(=O)(=O)Cc2ccccc2)O1)C1CCCC1. The molecule has 148 valence electrons. The topological polar surface area (TPSA) is 75.7 Å². The van der Waals surface area contributed by atoms with Crippen molar-refractivity contribution in [1.82, 2.24) is 9.62 Å². The summed E-state index contributed by atoms with van der Waals surface area (Å²) in [6, 6.07) is 9.23. The van der Waals surface area contributed by atoms with Crippen molar-refractivity contribution < 1.29 is 17.9 Å². The Bertz CT molecular complexity index is 761. The third-order valence-corrected chi connectivity index (χ3v) is 7.92. The van der Waals surface area contributed by atoms with E-state index in [1.807, 2.05) is 30.3 Å². The Morgan fingerprint density at radius 3 is 2.56 bits per heavy atom. The molecule has 2 heterocycles. The van der Waals surface area contributed by atoms with Crippen LogP contribution in [0.2, 0.25) is 0 Å². The molecular formula is C20H28N2O4S. The average molecular weight is 393 g/mol. The molecule has 1 aromatic carbocycles. The van der Waals surface area contributed by atoms with Gasteiger partial charge in [0.15, 0.2) is 0 Å². The van der Waals surface area contributed by atoms with Crippen molar-refractivity contribution in [1.29, 1.82) is 0 Å². The Hall–Kier alpha value is -1.44. The summed E-state index contributed by atoms with van der Waals surface area (Å²) in [4.78, 5) is 12.2. The fourth-order valence-electron chi connectivity index (χ4n) is 4.50. The van der Waals surface area contributed by atoms with Gasteiger partial charge in [0.2, 0.25) is 15.9 Å². The molecular weight excluding hydrogens is 364 g/mol. The zero-order valence-corrected chi connectivity index (χ0v) is 16.4. The highest BCUT2D eigenvalue weighted by molar-refractivity contribution is 7.88. The van der Waals surface area contributed by atoms with Crippen LogP contribution in [0.1, 0.15) is 44.1 Å². The molecule has 3 aliphatic rings. The number of carbonyl (C=O) groups is 1. The van der Waals surface area contributed by atoms with Crippen LogP contribution < -0.4 is 5.32 Å². The smallest absolute Gasteiger partial charge is 0.223 e. The van der Waals surface area contributed by atoms with Crippen molar-refractivity contribution in [2.24, 2.45) is 5.92 Å². The minimum absolute atomic E-state index is 0.00409. The van der Waals surface area contributed by atoms with Crippen LogP contribution in [0.15, 0.2) is 30.3 Å². The molecule has 1 aromatic rings. The number of hydrogen-bond acceptors (Lipinski definition) is 4. The Balaban J connectivity index is 1.26. The van der Waals surface area contributed by atoms with E-state index in [0.717, 1.165) is 44.1 Å². The lowest BCUT2D eigenvalue weighted by Gasteiger charge is -2.51. The second kappa shape index (κ2) is 7.89. The number of benzene rings is 1. The molecule has 7 heteroatoms. The first-order valence-electron chi connectivity index (χ1n) is 9.99. The van der Waals surface area contributed by atoms with Gasteiger partial charge in [-0.1, -0.05) is 43.2 Å². The molecule has 3 fully saturated rings. The van der Waals surface area contributed by atoms with Gasteiger partial charge < -0.3 is 10.1 Å². The van der Waals surface area contributed by atoms with Gasteiger partial charge in [0, 0.05) is 19.0 Å². The van der Waals surface area contributed by atoms with Crippen molar-refractivity contribution in [2.45, 2.75) is 62.5 Å². The van der Waals surface area contributed by atoms with Gasteiger partial charge in [-0.15, -0.1) is 0 Å². The molecule has 1 aliphatic carbocycles. The molecule has 2 saturated heterocycles. The standard InChI is InChI=1S/C20H28N2O4S/c23-20(16-8-4-5-9-16)21-12-17-10-11-18-19(26-17)13-22(18)27(24,25)14-15-6-2-1-3-7-15/h1-3,6-7,16-19H,4-5,8-14H2,(H,21,23)/t17-,18+,19+/m0/s1. The maximum atomic E-state index is 12.7. The number of nitrogens with one attached hydrogen (secondary N) is 1. The minimum atomic E-state index is -3.32. The summed E-state index contributed by atoms with van der Waals surface area (Å²) >= 11 is 0. The first-order chi connectivity index (χ1) is 13.0. The molecule has 0 aromatic heterocycles. The minimum Gasteiger partial charge on any atom is -0.370 e. The van der Waals surface area contributed by atoms with Gasteiger partial charge in [0.25, 0.3) is 0 Å². The third-order valence-electron chi connectivity index (χ3n) is 6.09. The van der Waals surface area contributed by atoms with E-state index in [9.17, 15) is 13.2 Å². The van der Waals surface area contributed by atoms with Gasteiger partial charge in [0.05, 0.1) is 24.0 Å². The number of rotatable bonds is 6. The second-order valence-corrected chi connectivity index (χ2v) is 9.90. The summed E-state index contributed by atoms with van der Waals surface area (Å²) in [7, 11) is -3.32. The number of ether oxygens (including phenoxy) is 1. The van der Waals surface area contributed by atoms with E-state index in [2.05, 4.69) is 5.32 Å². The normalized spacial score (nSPS) is 29.1. The van der Waals surface area contributed by atoms with Gasteiger partial charge in [-0.3, -0.25) is 4.79 Å². The molecule has 0 spiro atoms. The number of amides is 1. The van der Waals surface area contributed by atoms with Crippen molar-refractivity contribution >= 4 is 15.9 Å². The van der Waals surface area contributed by atoms with Crippen LogP contribution in [0.4, 0.5) is 0 Å². The molecule has 1 N–H and O–H groups in total. The molecule has 1 amide bonds. The molecule has 0 bridgehead atoms. The largest absolute Gasteiger partial charge is 0.370 e. The molecule has 6 nitrogen and oxygen atoms in total. The van der Waals surface area contributed by atoms with Gasteiger partial charge in [-0.05, 0) is 31.2 Å². The first kappa shape index (κ1) is 18.9. The highest BCUT2D eigenvalue weighted by Gasteiger charge is 2.49. The predicted octanol–water partition coefficient (Wildman–Crippen LogP) is 2.05. The number of carbonyl (C=O) groups excluding carboxylic acids is 1. The van der Waals surface area contributed by atoms with Gasteiger partial charge >= 0.3 is 0 Å². The van der Waals surface area contributed by atoms with E-state index in [1.54, 1.807) is 4.31 Å². The highest BCUT2D eigenvalue weighted by atomic mass is 32.2. The number of nitrogens with zero attached hydrogens (tertiary/aromatic N) is 1. The van der Waals surface area contributed by atoms with E-state index >= 15 is 0 Å². The van der Waals surface area contributed by atoms with Crippen molar-refractivity contribution in [3.8, 4) is 0 Å². The first-order valence-corrected chi connectivity index (χ1v) is 11.6. The molecule has 27 heavy (non-hydrogen) atoms. The summed E-state index contributed by atoms with van der Waals surface area (Å²) in [5, 5.41) is 3.03. The average Bonchev–Trinajstić information content (AvgIpc) is 3.16. The van der Waals surface area contributed by atoms with Gasteiger partial charge in [-0.25, -0.2) is 8.42 Å². The predicted molar refractivity (Wildman–Crippen MR) is 102 cm³/mol. The Kier molecular flexibility index (Phi) is 5.53. The van der Waals surface area contributed by atoms with E-state index in [-0.39, 0.29) is 35.8 Å². The summed E-state index contributed by atoms with van der Waals surface area (Å²) in [6.07, 6.45) is 5.82. The lowest BCUT2D eigenvalue weighted by Crippen LogP contribution is -2.66. The molecule has 0 unspecified atom stereocenters. The van der Waals surface area contributed by atoms with Crippen LogP contribution in [0.25, 0.3) is 0 Å². The Labute approximate surface area is 161 Å². The van der Waals surface area contributed by atoms with Crippen LogP contribution in [0.3, 0.4) is 0 Å². The van der Waals surface area contributed by atoms with E-state index in [1.165, 1.54) is 0 Å².